The number of fused-ring (bicyclic) bond motifs is 1. The maximum Gasteiger partial charge on any atom is 0.240 e. The van der Waals surface area contributed by atoms with Crippen molar-refractivity contribution >= 4 is 26.7 Å². The first-order valence-corrected chi connectivity index (χ1v) is 9.90. The Labute approximate surface area is 148 Å². The van der Waals surface area contributed by atoms with E-state index in [4.69, 9.17) is 0 Å². The van der Waals surface area contributed by atoms with Crippen molar-refractivity contribution in [3.05, 3.63) is 42.5 Å². The van der Waals surface area contributed by atoms with Gasteiger partial charge in [-0.3, -0.25) is 4.79 Å². The zero-order valence-corrected chi connectivity index (χ0v) is 15.1. The number of carbonyl (C=O) groups is 1. The molecule has 7 heteroatoms. The lowest BCUT2D eigenvalue weighted by molar-refractivity contribution is -0.131. The van der Waals surface area contributed by atoms with Gasteiger partial charge in [0.25, 0.3) is 0 Å². The Hall–Kier alpha value is -1.96. The minimum absolute atomic E-state index is 0.0464. The van der Waals surface area contributed by atoms with Crippen LogP contribution in [0.5, 0.6) is 0 Å². The Morgan fingerprint density at radius 2 is 2.00 bits per heavy atom. The summed E-state index contributed by atoms with van der Waals surface area (Å²) < 4.78 is 27.4. The average Bonchev–Trinajstić information content (AvgIpc) is 3.15. The number of hydrogen-bond acceptors (Lipinski definition) is 4. The Morgan fingerprint density at radius 1 is 1.24 bits per heavy atom. The number of benzene rings is 2. The number of amides is 1. The Kier molecular flexibility index (Phi) is 5.36. The Balaban J connectivity index is 1.60. The molecule has 1 aliphatic heterocycles. The second-order valence-corrected chi connectivity index (χ2v) is 8.07. The second-order valence-electron chi connectivity index (χ2n) is 6.31. The van der Waals surface area contributed by atoms with Crippen LogP contribution in [0.4, 0.5) is 0 Å². The molecule has 1 amide bonds. The number of nitrogens with zero attached hydrogens (tertiary/aromatic N) is 1. The molecule has 0 aliphatic carbocycles. The van der Waals surface area contributed by atoms with E-state index >= 15 is 0 Å². The van der Waals surface area contributed by atoms with Gasteiger partial charge in [0.1, 0.15) is 0 Å². The van der Waals surface area contributed by atoms with Crippen molar-refractivity contribution in [1.29, 1.82) is 0 Å². The van der Waals surface area contributed by atoms with Gasteiger partial charge in [-0.05, 0) is 35.9 Å². The van der Waals surface area contributed by atoms with E-state index in [1.807, 2.05) is 24.3 Å². The summed E-state index contributed by atoms with van der Waals surface area (Å²) in [6.07, 6.45) is 1.09. The fourth-order valence-electron chi connectivity index (χ4n) is 3.06. The first-order valence-electron chi connectivity index (χ1n) is 8.42. The minimum Gasteiger partial charge on any atom is -0.341 e. The molecule has 25 heavy (non-hydrogen) atoms. The van der Waals surface area contributed by atoms with Crippen LogP contribution < -0.4 is 10.0 Å². The van der Waals surface area contributed by atoms with Crippen molar-refractivity contribution in [3.8, 4) is 0 Å². The topological polar surface area (TPSA) is 78.5 Å². The van der Waals surface area contributed by atoms with E-state index in [9.17, 15) is 13.2 Å². The molecule has 0 bridgehead atoms. The van der Waals surface area contributed by atoms with Crippen molar-refractivity contribution < 1.29 is 13.2 Å². The summed E-state index contributed by atoms with van der Waals surface area (Å²) in [7, 11) is -1.85. The smallest absolute Gasteiger partial charge is 0.240 e. The van der Waals surface area contributed by atoms with Crippen LogP contribution in [0, 0.1) is 0 Å². The maximum atomic E-state index is 12.4. The number of nitrogens with one attached hydrogen (secondary N) is 2. The zero-order valence-electron chi connectivity index (χ0n) is 14.2. The van der Waals surface area contributed by atoms with E-state index < -0.39 is 10.0 Å². The van der Waals surface area contributed by atoms with Gasteiger partial charge in [-0.1, -0.05) is 30.3 Å². The van der Waals surface area contributed by atoms with Crippen molar-refractivity contribution in [2.75, 3.05) is 26.7 Å². The van der Waals surface area contributed by atoms with Crippen LogP contribution in [0.3, 0.4) is 0 Å². The van der Waals surface area contributed by atoms with E-state index in [-0.39, 0.29) is 29.8 Å². The standard InChI is InChI=1S/C18H23N3O3S/c1-21(16-8-10-19-13-16)18(22)9-11-20-25(23,24)17-7-6-14-4-2-3-5-15(14)12-17/h2-7,12,16,19-20H,8-11,13H2,1H3. The van der Waals surface area contributed by atoms with Crippen LogP contribution in [0.15, 0.2) is 47.4 Å². The van der Waals surface area contributed by atoms with Crippen molar-refractivity contribution in [3.63, 3.8) is 0 Å². The average molecular weight is 361 g/mol. The molecule has 1 heterocycles. The maximum absolute atomic E-state index is 12.4. The third-order valence-electron chi connectivity index (χ3n) is 4.64. The van der Waals surface area contributed by atoms with Gasteiger partial charge < -0.3 is 10.2 Å². The molecular weight excluding hydrogens is 338 g/mol. The number of rotatable bonds is 6. The molecule has 2 aromatic rings. The summed E-state index contributed by atoms with van der Waals surface area (Å²) >= 11 is 0. The summed E-state index contributed by atoms with van der Waals surface area (Å²) in [5.41, 5.74) is 0. The largest absolute Gasteiger partial charge is 0.341 e. The van der Waals surface area contributed by atoms with Crippen molar-refractivity contribution in [1.82, 2.24) is 14.9 Å². The van der Waals surface area contributed by atoms with E-state index in [2.05, 4.69) is 10.0 Å². The number of carbonyl (C=O) groups excluding carboxylic acids is 1. The molecule has 1 aliphatic rings. The van der Waals surface area contributed by atoms with Crippen LogP contribution in [-0.2, 0) is 14.8 Å². The normalized spacial score (nSPS) is 17.7. The molecule has 6 nitrogen and oxygen atoms in total. The molecule has 2 N–H and O–H groups in total. The molecule has 1 fully saturated rings. The second kappa shape index (κ2) is 7.51. The minimum atomic E-state index is -3.63. The molecule has 1 saturated heterocycles. The van der Waals surface area contributed by atoms with Gasteiger partial charge in [0.2, 0.25) is 15.9 Å². The summed E-state index contributed by atoms with van der Waals surface area (Å²) in [6, 6.07) is 12.8. The van der Waals surface area contributed by atoms with Gasteiger partial charge in [0.05, 0.1) is 4.90 Å². The summed E-state index contributed by atoms with van der Waals surface area (Å²) in [5, 5.41) is 5.08. The molecule has 134 valence electrons. The molecule has 0 saturated carbocycles. The van der Waals surface area contributed by atoms with Crippen LogP contribution in [-0.4, -0.2) is 51.9 Å². The lowest BCUT2D eigenvalue weighted by atomic mass is 10.1. The summed E-state index contributed by atoms with van der Waals surface area (Å²) in [5.74, 6) is -0.0464. The van der Waals surface area contributed by atoms with Crippen molar-refractivity contribution in [2.24, 2.45) is 0 Å². The highest BCUT2D eigenvalue weighted by Crippen LogP contribution is 2.18. The predicted octanol–water partition coefficient (Wildman–Crippen LogP) is 1.33. The highest BCUT2D eigenvalue weighted by molar-refractivity contribution is 7.89. The molecule has 0 radical (unpaired) electrons. The quantitative estimate of drug-likeness (QED) is 0.814. The van der Waals surface area contributed by atoms with Gasteiger partial charge in [-0.2, -0.15) is 0 Å². The summed E-state index contributed by atoms with van der Waals surface area (Å²) in [4.78, 5) is 14.1. The highest BCUT2D eigenvalue weighted by Gasteiger charge is 2.23. The van der Waals surface area contributed by atoms with Gasteiger partial charge in [-0.25, -0.2) is 13.1 Å². The lowest BCUT2D eigenvalue weighted by Gasteiger charge is -2.23. The van der Waals surface area contributed by atoms with Crippen LogP contribution in [0.2, 0.25) is 0 Å². The molecule has 1 unspecified atom stereocenters. The molecule has 2 aromatic carbocycles. The monoisotopic (exact) mass is 361 g/mol. The SMILES string of the molecule is CN(C(=O)CCNS(=O)(=O)c1ccc2ccccc2c1)C1CCNC1. The van der Waals surface area contributed by atoms with E-state index in [1.165, 1.54) is 0 Å². The molecule has 1 atom stereocenters. The molecule has 0 spiro atoms. The Bertz CT molecular complexity index is 861. The Morgan fingerprint density at radius 3 is 2.72 bits per heavy atom. The molecular formula is C18H23N3O3S. The third-order valence-corrected chi connectivity index (χ3v) is 6.10. The van der Waals surface area contributed by atoms with Crippen LogP contribution in [0.1, 0.15) is 12.8 Å². The molecule has 0 aromatic heterocycles. The van der Waals surface area contributed by atoms with Crippen LogP contribution >= 0.6 is 0 Å². The summed E-state index contributed by atoms with van der Waals surface area (Å²) in [6.45, 7) is 1.81. The van der Waals surface area contributed by atoms with Gasteiger partial charge in [-0.15, -0.1) is 0 Å². The fraction of sp³-hybridized carbons (Fsp3) is 0.389. The zero-order chi connectivity index (χ0) is 17.9. The van der Waals surface area contributed by atoms with Gasteiger partial charge in [0, 0.05) is 32.6 Å². The van der Waals surface area contributed by atoms with Crippen molar-refractivity contribution in [2.45, 2.75) is 23.8 Å². The number of sulfonamides is 1. The lowest BCUT2D eigenvalue weighted by Crippen LogP contribution is -2.40. The van der Waals surface area contributed by atoms with Gasteiger partial charge >= 0.3 is 0 Å². The fourth-order valence-corrected chi connectivity index (χ4v) is 4.13. The van der Waals surface area contributed by atoms with Crippen LogP contribution in [0.25, 0.3) is 10.8 Å². The molecule has 3 rings (SSSR count). The first kappa shape index (κ1) is 17.8. The third kappa shape index (κ3) is 4.18. The van der Waals surface area contributed by atoms with E-state index in [0.717, 1.165) is 30.3 Å². The highest BCUT2D eigenvalue weighted by atomic mass is 32.2. The van der Waals surface area contributed by atoms with E-state index in [1.54, 1.807) is 30.1 Å². The first-order chi connectivity index (χ1) is 12.0. The predicted molar refractivity (Wildman–Crippen MR) is 97.8 cm³/mol. The number of likely N-dealkylation sites (N-methyl/N-ethyl adjacent to an activating group) is 1. The number of hydrogen-bond donors (Lipinski definition) is 2. The van der Waals surface area contributed by atoms with Gasteiger partial charge in [0.15, 0.2) is 0 Å². The van der Waals surface area contributed by atoms with E-state index in [0.29, 0.717) is 0 Å².